The molecule has 0 aromatic heterocycles. The van der Waals surface area contributed by atoms with Crippen molar-refractivity contribution in [3.05, 3.63) is 0 Å². The number of carbonyl (C=O) groups is 3. The molecule has 0 radical (unpaired) electrons. The van der Waals surface area contributed by atoms with Crippen LogP contribution in [0.15, 0.2) is 0 Å². The summed E-state index contributed by atoms with van der Waals surface area (Å²) in [7, 11) is 0. The van der Waals surface area contributed by atoms with E-state index in [9.17, 15) is 14.4 Å². The number of urea groups is 1. The molecule has 1 atom stereocenters. The zero-order valence-corrected chi connectivity index (χ0v) is 10.6. The maximum atomic E-state index is 11.3. The number of nitrogens with one attached hydrogen (secondary N) is 3. The lowest BCUT2D eigenvalue weighted by atomic mass is 10.1. The van der Waals surface area contributed by atoms with Gasteiger partial charge in [0, 0.05) is 5.54 Å². The average Bonchev–Trinajstić information content (AvgIpc) is 2.20. The molecule has 0 saturated carbocycles. The van der Waals surface area contributed by atoms with Gasteiger partial charge < -0.3 is 26.2 Å². The monoisotopic (exact) mass is 261 g/mol. The summed E-state index contributed by atoms with van der Waals surface area (Å²) in [6, 6.07) is -0.723. The Bertz CT molecular complexity index is 324. The SMILES string of the molecule is CC(C)(C)NC(=O)CNC(=O)NCC(O)C(=O)O. The van der Waals surface area contributed by atoms with Crippen LogP contribution in [0.4, 0.5) is 4.79 Å². The van der Waals surface area contributed by atoms with Crippen molar-refractivity contribution in [2.75, 3.05) is 13.1 Å². The van der Waals surface area contributed by atoms with Gasteiger partial charge in [0.25, 0.3) is 0 Å². The van der Waals surface area contributed by atoms with E-state index in [2.05, 4.69) is 16.0 Å². The van der Waals surface area contributed by atoms with Crippen molar-refractivity contribution in [1.29, 1.82) is 0 Å². The van der Waals surface area contributed by atoms with Gasteiger partial charge in [-0.25, -0.2) is 9.59 Å². The maximum absolute atomic E-state index is 11.3. The van der Waals surface area contributed by atoms with E-state index in [1.807, 2.05) is 0 Å². The van der Waals surface area contributed by atoms with Crippen LogP contribution in [0.5, 0.6) is 0 Å². The average molecular weight is 261 g/mol. The first kappa shape index (κ1) is 16.2. The van der Waals surface area contributed by atoms with Crippen molar-refractivity contribution in [3.8, 4) is 0 Å². The second kappa shape index (κ2) is 6.80. The Labute approximate surface area is 105 Å². The molecular formula is C10H19N3O5. The van der Waals surface area contributed by atoms with Crippen LogP contribution in [-0.4, -0.2) is 52.9 Å². The highest BCUT2D eigenvalue weighted by atomic mass is 16.4. The Kier molecular flexibility index (Phi) is 6.11. The zero-order valence-electron chi connectivity index (χ0n) is 10.6. The molecule has 0 rings (SSSR count). The van der Waals surface area contributed by atoms with Crippen molar-refractivity contribution in [1.82, 2.24) is 16.0 Å². The van der Waals surface area contributed by atoms with Gasteiger partial charge in [0.15, 0.2) is 6.10 Å². The lowest BCUT2D eigenvalue weighted by Crippen LogP contribution is -2.48. The number of hydrogen-bond acceptors (Lipinski definition) is 4. The molecule has 8 nitrogen and oxygen atoms in total. The summed E-state index contributed by atoms with van der Waals surface area (Å²) in [4.78, 5) is 32.7. The Balaban J connectivity index is 3.84. The molecular weight excluding hydrogens is 242 g/mol. The summed E-state index contributed by atoms with van der Waals surface area (Å²) in [6.07, 6.45) is -1.67. The van der Waals surface area contributed by atoms with Gasteiger partial charge in [-0.2, -0.15) is 0 Å². The van der Waals surface area contributed by atoms with Gasteiger partial charge in [-0.3, -0.25) is 4.79 Å². The van der Waals surface area contributed by atoms with E-state index >= 15 is 0 Å². The third-order valence-electron chi connectivity index (χ3n) is 1.66. The third kappa shape index (κ3) is 8.34. The molecule has 0 spiro atoms. The molecule has 0 aliphatic carbocycles. The summed E-state index contributed by atoms with van der Waals surface area (Å²) in [5.41, 5.74) is -0.394. The Morgan fingerprint density at radius 2 is 1.72 bits per heavy atom. The molecule has 0 aromatic carbocycles. The van der Waals surface area contributed by atoms with Gasteiger partial charge in [0.05, 0.1) is 13.1 Å². The summed E-state index contributed by atoms with van der Waals surface area (Å²) < 4.78 is 0. The summed E-state index contributed by atoms with van der Waals surface area (Å²) >= 11 is 0. The van der Waals surface area contributed by atoms with Crippen LogP contribution in [0.2, 0.25) is 0 Å². The van der Waals surface area contributed by atoms with Crippen molar-refractivity contribution in [2.24, 2.45) is 0 Å². The Morgan fingerprint density at radius 1 is 1.17 bits per heavy atom. The van der Waals surface area contributed by atoms with Crippen LogP contribution >= 0.6 is 0 Å². The number of aliphatic hydroxyl groups excluding tert-OH is 1. The van der Waals surface area contributed by atoms with Gasteiger partial charge in [-0.05, 0) is 20.8 Å². The molecule has 8 heteroatoms. The highest BCUT2D eigenvalue weighted by Crippen LogP contribution is 1.96. The highest BCUT2D eigenvalue weighted by molar-refractivity contribution is 5.84. The highest BCUT2D eigenvalue weighted by Gasteiger charge is 2.16. The lowest BCUT2D eigenvalue weighted by Gasteiger charge is -2.20. The van der Waals surface area contributed by atoms with Gasteiger partial charge in [0.2, 0.25) is 5.91 Å². The van der Waals surface area contributed by atoms with Gasteiger partial charge in [0.1, 0.15) is 0 Å². The number of rotatable bonds is 5. The van der Waals surface area contributed by atoms with E-state index in [4.69, 9.17) is 10.2 Å². The number of aliphatic carboxylic acids is 1. The smallest absolute Gasteiger partial charge is 0.334 e. The van der Waals surface area contributed by atoms with E-state index in [0.29, 0.717) is 0 Å². The van der Waals surface area contributed by atoms with Crippen LogP contribution < -0.4 is 16.0 Å². The fourth-order valence-corrected chi connectivity index (χ4v) is 0.962. The molecule has 0 saturated heterocycles. The number of carboxylic acids is 1. The second-order valence-corrected chi connectivity index (χ2v) is 4.72. The first-order valence-electron chi connectivity index (χ1n) is 5.35. The first-order valence-corrected chi connectivity index (χ1v) is 5.35. The van der Waals surface area contributed by atoms with E-state index in [-0.39, 0.29) is 12.5 Å². The topological polar surface area (TPSA) is 128 Å². The molecule has 0 aromatic rings. The van der Waals surface area contributed by atoms with E-state index in [1.54, 1.807) is 20.8 Å². The molecule has 3 amide bonds. The Hall–Kier alpha value is -1.83. The number of carboxylic acid groups (broad SMARTS) is 1. The predicted octanol–water partition coefficient (Wildman–Crippen LogP) is -1.35. The molecule has 18 heavy (non-hydrogen) atoms. The lowest BCUT2D eigenvalue weighted by molar-refractivity contribution is -0.146. The molecule has 104 valence electrons. The normalized spacial score (nSPS) is 12.4. The molecule has 5 N–H and O–H groups in total. The molecule has 0 fully saturated rings. The molecule has 0 aliphatic rings. The number of hydrogen-bond donors (Lipinski definition) is 5. The molecule has 1 unspecified atom stereocenters. The van der Waals surface area contributed by atoms with Crippen molar-refractivity contribution >= 4 is 17.9 Å². The minimum absolute atomic E-state index is 0.230. The first-order chi connectivity index (χ1) is 8.11. The van der Waals surface area contributed by atoms with E-state index in [1.165, 1.54) is 0 Å². The van der Waals surface area contributed by atoms with E-state index < -0.39 is 30.2 Å². The maximum Gasteiger partial charge on any atom is 0.334 e. The zero-order chi connectivity index (χ0) is 14.3. The number of carbonyl (C=O) groups excluding carboxylic acids is 2. The quantitative estimate of drug-likeness (QED) is 0.418. The van der Waals surface area contributed by atoms with Crippen LogP contribution in [0.3, 0.4) is 0 Å². The van der Waals surface area contributed by atoms with E-state index in [0.717, 1.165) is 0 Å². The Morgan fingerprint density at radius 3 is 2.17 bits per heavy atom. The molecule has 0 bridgehead atoms. The standard InChI is InChI=1S/C10H19N3O5/c1-10(2,3)13-7(15)5-12-9(18)11-4-6(14)8(16)17/h6,14H,4-5H2,1-3H3,(H,13,15)(H,16,17)(H2,11,12,18). The molecule has 0 aliphatic heterocycles. The van der Waals surface area contributed by atoms with Crippen molar-refractivity contribution in [2.45, 2.75) is 32.4 Å². The van der Waals surface area contributed by atoms with Gasteiger partial charge >= 0.3 is 12.0 Å². The summed E-state index contributed by atoms with van der Waals surface area (Å²) in [6.45, 7) is 4.74. The fraction of sp³-hybridized carbons (Fsp3) is 0.700. The van der Waals surface area contributed by atoms with Gasteiger partial charge in [-0.1, -0.05) is 0 Å². The summed E-state index contributed by atoms with van der Waals surface area (Å²) in [5.74, 6) is -1.79. The number of amides is 3. The number of aliphatic hydroxyl groups is 1. The van der Waals surface area contributed by atoms with Crippen LogP contribution in [0, 0.1) is 0 Å². The van der Waals surface area contributed by atoms with Crippen molar-refractivity contribution in [3.63, 3.8) is 0 Å². The molecule has 0 heterocycles. The minimum Gasteiger partial charge on any atom is -0.479 e. The third-order valence-corrected chi connectivity index (χ3v) is 1.66. The van der Waals surface area contributed by atoms with Crippen LogP contribution in [-0.2, 0) is 9.59 Å². The largest absolute Gasteiger partial charge is 0.479 e. The predicted molar refractivity (Wildman–Crippen MR) is 62.9 cm³/mol. The van der Waals surface area contributed by atoms with Crippen LogP contribution in [0.1, 0.15) is 20.8 Å². The second-order valence-electron chi connectivity index (χ2n) is 4.72. The van der Waals surface area contributed by atoms with Crippen molar-refractivity contribution < 1.29 is 24.6 Å². The summed E-state index contributed by atoms with van der Waals surface area (Å²) in [5, 5.41) is 24.2. The van der Waals surface area contributed by atoms with Gasteiger partial charge in [-0.15, -0.1) is 0 Å². The fourth-order valence-electron chi connectivity index (χ4n) is 0.962. The van der Waals surface area contributed by atoms with Crippen LogP contribution in [0.25, 0.3) is 0 Å². The minimum atomic E-state index is -1.67.